The lowest BCUT2D eigenvalue weighted by atomic mass is 10.2. The smallest absolute Gasteiger partial charge is 0.260 e. The highest BCUT2D eigenvalue weighted by Gasteiger charge is 2.21. The molecule has 5 heteroatoms. The van der Waals surface area contributed by atoms with Crippen molar-refractivity contribution in [3.8, 4) is 5.75 Å². The number of hydrogen-bond donors (Lipinski definition) is 0. The first-order chi connectivity index (χ1) is 9.74. The number of hydrogen-bond acceptors (Lipinski definition) is 3. The maximum absolute atomic E-state index is 12.2. The Morgan fingerprint density at radius 1 is 1.35 bits per heavy atom. The van der Waals surface area contributed by atoms with E-state index in [0.717, 1.165) is 23.7 Å². The molecule has 0 spiro atoms. The molecule has 3 rings (SSSR count). The second-order valence-electron chi connectivity index (χ2n) is 4.91. The number of nitrogens with zero attached hydrogens (tertiary/aromatic N) is 3. The van der Waals surface area contributed by atoms with Crippen LogP contribution in [0.25, 0.3) is 0 Å². The first-order valence-electron chi connectivity index (χ1n) is 6.70. The highest BCUT2D eigenvalue weighted by atomic mass is 16.5. The van der Waals surface area contributed by atoms with Gasteiger partial charge in [0.1, 0.15) is 11.6 Å². The van der Waals surface area contributed by atoms with Gasteiger partial charge in [-0.2, -0.15) is 0 Å². The lowest BCUT2D eigenvalue weighted by Gasteiger charge is -2.27. The molecule has 1 amide bonds. The SMILES string of the molecule is Cc1ccccc1OCC(=O)N1CCn2ccnc2C1. The quantitative estimate of drug-likeness (QED) is 0.852. The molecule has 0 aliphatic carbocycles. The van der Waals surface area contributed by atoms with Gasteiger partial charge in [-0.05, 0) is 18.6 Å². The van der Waals surface area contributed by atoms with Crippen LogP contribution in [-0.2, 0) is 17.9 Å². The van der Waals surface area contributed by atoms with Gasteiger partial charge in [-0.1, -0.05) is 18.2 Å². The summed E-state index contributed by atoms with van der Waals surface area (Å²) in [6.07, 6.45) is 3.72. The van der Waals surface area contributed by atoms with Crippen molar-refractivity contribution < 1.29 is 9.53 Å². The van der Waals surface area contributed by atoms with Crippen LogP contribution in [0.2, 0.25) is 0 Å². The molecule has 20 heavy (non-hydrogen) atoms. The van der Waals surface area contributed by atoms with E-state index in [0.29, 0.717) is 13.1 Å². The van der Waals surface area contributed by atoms with Crippen LogP contribution < -0.4 is 4.74 Å². The molecule has 1 aliphatic rings. The predicted octanol–water partition coefficient (Wildman–Crippen LogP) is 1.61. The van der Waals surface area contributed by atoms with Gasteiger partial charge in [-0.15, -0.1) is 0 Å². The third-order valence-corrected chi connectivity index (χ3v) is 3.54. The highest BCUT2D eigenvalue weighted by molar-refractivity contribution is 5.77. The van der Waals surface area contributed by atoms with Crippen molar-refractivity contribution in [1.82, 2.24) is 14.5 Å². The van der Waals surface area contributed by atoms with Crippen LogP contribution in [-0.4, -0.2) is 33.5 Å². The van der Waals surface area contributed by atoms with Gasteiger partial charge < -0.3 is 14.2 Å². The molecule has 0 bridgehead atoms. The largest absolute Gasteiger partial charge is 0.484 e. The minimum absolute atomic E-state index is 0.00232. The molecular weight excluding hydrogens is 254 g/mol. The van der Waals surface area contributed by atoms with Crippen molar-refractivity contribution in [2.24, 2.45) is 0 Å². The Balaban J connectivity index is 1.59. The van der Waals surface area contributed by atoms with E-state index < -0.39 is 0 Å². The minimum Gasteiger partial charge on any atom is -0.484 e. The Morgan fingerprint density at radius 3 is 3.05 bits per heavy atom. The standard InChI is InChI=1S/C15H17N3O2/c1-12-4-2-3-5-13(12)20-11-15(19)18-9-8-17-7-6-16-14(17)10-18/h2-7H,8-11H2,1H3. The number of rotatable bonds is 3. The summed E-state index contributed by atoms with van der Waals surface area (Å²) >= 11 is 0. The molecule has 5 nitrogen and oxygen atoms in total. The van der Waals surface area contributed by atoms with E-state index in [-0.39, 0.29) is 12.5 Å². The van der Waals surface area contributed by atoms with E-state index in [2.05, 4.69) is 9.55 Å². The average Bonchev–Trinajstić information content (AvgIpc) is 2.93. The van der Waals surface area contributed by atoms with Crippen molar-refractivity contribution in [2.45, 2.75) is 20.0 Å². The Morgan fingerprint density at radius 2 is 2.20 bits per heavy atom. The van der Waals surface area contributed by atoms with E-state index in [1.165, 1.54) is 0 Å². The highest BCUT2D eigenvalue weighted by Crippen LogP contribution is 2.17. The second kappa shape index (κ2) is 5.36. The summed E-state index contributed by atoms with van der Waals surface area (Å²) in [6.45, 7) is 4.11. The molecule has 0 saturated heterocycles. The molecule has 1 aromatic carbocycles. The zero-order chi connectivity index (χ0) is 13.9. The van der Waals surface area contributed by atoms with Gasteiger partial charge in [0.15, 0.2) is 6.61 Å². The van der Waals surface area contributed by atoms with E-state index in [1.54, 1.807) is 11.1 Å². The van der Waals surface area contributed by atoms with Gasteiger partial charge in [0.05, 0.1) is 6.54 Å². The van der Waals surface area contributed by atoms with Crippen molar-refractivity contribution in [1.29, 1.82) is 0 Å². The number of carbonyl (C=O) groups is 1. The molecule has 1 aliphatic heterocycles. The second-order valence-corrected chi connectivity index (χ2v) is 4.91. The van der Waals surface area contributed by atoms with E-state index in [1.807, 2.05) is 37.4 Å². The van der Waals surface area contributed by atoms with Crippen molar-refractivity contribution in [3.63, 3.8) is 0 Å². The lowest BCUT2D eigenvalue weighted by Crippen LogP contribution is -2.40. The Hall–Kier alpha value is -2.30. The van der Waals surface area contributed by atoms with Gasteiger partial charge in [0.2, 0.25) is 0 Å². The van der Waals surface area contributed by atoms with Crippen LogP contribution in [0.5, 0.6) is 5.75 Å². The summed E-state index contributed by atoms with van der Waals surface area (Å²) in [5.74, 6) is 1.70. The van der Waals surface area contributed by atoms with E-state index in [4.69, 9.17) is 4.74 Å². The average molecular weight is 271 g/mol. The molecule has 0 N–H and O–H groups in total. The molecule has 0 atom stereocenters. The Kier molecular flexibility index (Phi) is 3.41. The number of aryl methyl sites for hydroxylation is 1. The number of para-hydroxylation sites is 1. The van der Waals surface area contributed by atoms with Crippen LogP contribution in [0.3, 0.4) is 0 Å². The first kappa shape index (κ1) is 12.7. The van der Waals surface area contributed by atoms with Crippen LogP contribution in [0.4, 0.5) is 0 Å². The third-order valence-electron chi connectivity index (χ3n) is 3.54. The summed E-state index contributed by atoms with van der Waals surface area (Å²) in [6, 6.07) is 7.71. The van der Waals surface area contributed by atoms with Crippen LogP contribution in [0.15, 0.2) is 36.7 Å². The molecule has 1 aromatic heterocycles. The van der Waals surface area contributed by atoms with Gasteiger partial charge in [0.25, 0.3) is 5.91 Å². The third kappa shape index (κ3) is 2.52. The minimum atomic E-state index is 0.00232. The van der Waals surface area contributed by atoms with Gasteiger partial charge in [-0.25, -0.2) is 4.98 Å². The molecule has 104 valence electrons. The molecule has 0 radical (unpaired) electrons. The molecule has 0 saturated carbocycles. The fourth-order valence-corrected chi connectivity index (χ4v) is 2.34. The fraction of sp³-hybridized carbons (Fsp3) is 0.333. The molecule has 2 aromatic rings. The molecule has 0 fully saturated rings. The maximum Gasteiger partial charge on any atom is 0.260 e. The van der Waals surface area contributed by atoms with Gasteiger partial charge >= 0.3 is 0 Å². The number of imidazole rings is 1. The fourth-order valence-electron chi connectivity index (χ4n) is 2.34. The first-order valence-corrected chi connectivity index (χ1v) is 6.70. The van der Waals surface area contributed by atoms with Crippen LogP contribution in [0, 0.1) is 6.92 Å². The summed E-state index contributed by atoms with van der Waals surface area (Å²) in [5, 5.41) is 0. The maximum atomic E-state index is 12.2. The number of benzene rings is 1. The molecular formula is C15H17N3O2. The number of fused-ring (bicyclic) bond motifs is 1. The zero-order valence-electron chi connectivity index (χ0n) is 11.5. The monoisotopic (exact) mass is 271 g/mol. The van der Waals surface area contributed by atoms with E-state index >= 15 is 0 Å². The Bertz CT molecular complexity index is 621. The Labute approximate surface area is 117 Å². The topological polar surface area (TPSA) is 47.4 Å². The zero-order valence-corrected chi connectivity index (χ0v) is 11.5. The number of carbonyl (C=O) groups excluding carboxylic acids is 1. The summed E-state index contributed by atoms with van der Waals surface area (Å²) in [4.78, 5) is 18.2. The summed E-state index contributed by atoms with van der Waals surface area (Å²) < 4.78 is 7.68. The number of aromatic nitrogens is 2. The molecule has 0 unspecified atom stereocenters. The normalized spacial score (nSPS) is 13.9. The summed E-state index contributed by atoms with van der Waals surface area (Å²) in [7, 11) is 0. The van der Waals surface area contributed by atoms with Crippen LogP contribution in [0.1, 0.15) is 11.4 Å². The summed E-state index contributed by atoms with van der Waals surface area (Å²) in [5.41, 5.74) is 1.04. The van der Waals surface area contributed by atoms with Crippen molar-refractivity contribution in [3.05, 3.63) is 48.0 Å². The van der Waals surface area contributed by atoms with E-state index in [9.17, 15) is 4.79 Å². The van der Waals surface area contributed by atoms with Crippen molar-refractivity contribution >= 4 is 5.91 Å². The van der Waals surface area contributed by atoms with Crippen molar-refractivity contribution in [2.75, 3.05) is 13.2 Å². The van der Waals surface area contributed by atoms with Gasteiger partial charge in [-0.3, -0.25) is 4.79 Å². The van der Waals surface area contributed by atoms with Gasteiger partial charge in [0, 0.05) is 25.5 Å². The van der Waals surface area contributed by atoms with Crippen LogP contribution >= 0.6 is 0 Å². The number of ether oxygens (including phenoxy) is 1. The predicted molar refractivity (Wildman–Crippen MR) is 74.3 cm³/mol. The molecule has 2 heterocycles. The number of amides is 1. The lowest BCUT2D eigenvalue weighted by molar-refractivity contribution is -0.134.